The van der Waals surface area contributed by atoms with Crippen LogP contribution >= 0.6 is 0 Å². The van der Waals surface area contributed by atoms with Gasteiger partial charge in [0.1, 0.15) is 5.52 Å². The van der Waals surface area contributed by atoms with Gasteiger partial charge in [-0.1, -0.05) is 97.1 Å². The molecule has 0 saturated heterocycles. The Morgan fingerprint density at radius 2 is 1.11 bits per heavy atom. The summed E-state index contributed by atoms with van der Waals surface area (Å²) in [5.74, 6) is 4.81. The fourth-order valence-electron chi connectivity index (χ4n) is 9.61. The van der Waals surface area contributed by atoms with Gasteiger partial charge >= 0.3 is 0 Å². The van der Waals surface area contributed by atoms with Crippen LogP contribution in [0.4, 0.5) is 0 Å². The van der Waals surface area contributed by atoms with Crippen LogP contribution in [0.2, 0.25) is 0 Å². The molecular weight excluding hydrogens is 576 g/mol. The Morgan fingerprint density at radius 3 is 1.81 bits per heavy atom. The SMILES string of the molecule is c1ccc(-c2nc(-c3ccc(C45CC6CC(CC(C6)C4)C5)cc3)nc(-c3ccc(-c4cccc5ncoc45)c4ccccc34)n2)cc1. The van der Waals surface area contributed by atoms with Crippen molar-refractivity contribution in [3.05, 3.63) is 121 Å². The topological polar surface area (TPSA) is 64.7 Å². The third-order valence-corrected chi connectivity index (χ3v) is 11.3. The number of rotatable bonds is 5. The Morgan fingerprint density at radius 1 is 0.511 bits per heavy atom. The largest absolute Gasteiger partial charge is 0.443 e. The van der Waals surface area contributed by atoms with E-state index in [1.807, 2.05) is 30.3 Å². The first kappa shape index (κ1) is 27.0. The second kappa shape index (κ2) is 10.4. The molecule has 11 rings (SSSR count). The summed E-state index contributed by atoms with van der Waals surface area (Å²) in [4.78, 5) is 19.7. The monoisotopic (exact) mass is 610 g/mol. The summed E-state index contributed by atoms with van der Waals surface area (Å²) in [6, 6.07) is 38.3. The molecule has 2 heterocycles. The van der Waals surface area contributed by atoms with Gasteiger partial charge in [0.15, 0.2) is 29.4 Å². The molecule has 228 valence electrons. The van der Waals surface area contributed by atoms with Crippen molar-refractivity contribution >= 4 is 21.9 Å². The van der Waals surface area contributed by atoms with Gasteiger partial charge in [-0.25, -0.2) is 19.9 Å². The van der Waals surface area contributed by atoms with Crippen LogP contribution in [0, 0.1) is 17.8 Å². The van der Waals surface area contributed by atoms with E-state index in [0.717, 1.165) is 67.4 Å². The number of oxazole rings is 1. The van der Waals surface area contributed by atoms with Crippen molar-refractivity contribution < 1.29 is 4.42 Å². The van der Waals surface area contributed by atoms with Gasteiger partial charge < -0.3 is 4.42 Å². The van der Waals surface area contributed by atoms with Gasteiger partial charge in [-0.05, 0) is 95.7 Å². The molecule has 0 amide bonds. The van der Waals surface area contributed by atoms with E-state index in [4.69, 9.17) is 19.4 Å². The number of para-hydroxylation sites is 1. The predicted molar refractivity (Wildman–Crippen MR) is 186 cm³/mol. The Balaban J connectivity index is 1.10. The van der Waals surface area contributed by atoms with Gasteiger partial charge in [-0.2, -0.15) is 0 Å². The number of nitrogens with zero attached hydrogens (tertiary/aromatic N) is 4. The summed E-state index contributed by atoms with van der Waals surface area (Å²) in [5, 5.41) is 2.19. The molecule has 5 aromatic carbocycles. The molecule has 7 aromatic rings. The first-order valence-corrected chi connectivity index (χ1v) is 17.0. The van der Waals surface area contributed by atoms with E-state index < -0.39 is 0 Å². The van der Waals surface area contributed by atoms with Crippen LogP contribution in [0.3, 0.4) is 0 Å². The molecular formula is C42H34N4O. The highest BCUT2D eigenvalue weighted by atomic mass is 16.3. The van der Waals surface area contributed by atoms with E-state index in [9.17, 15) is 0 Å². The maximum absolute atomic E-state index is 5.83. The molecule has 2 aromatic heterocycles. The van der Waals surface area contributed by atoms with Crippen LogP contribution in [0.25, 0.3) is 67.2 Å². The van der Waals surface area contributed by atoms with E-state index in [0.29, 0.717) is 22.9 Å². The lowest BCUT2D eigenvalue weighted by Crippen LogP contribution is -2.48. The minimum Gasteiger partial charge on any atom is -0.443 e. The maximum atomic E-state index is 5.83. The van der Waals surface area contributed by atoms with E-state index in [1.165, 1.54) is 50.5 Å². The molecule has 4 fully saturated rings. The van der Waals surface area contributed by atoms with Gasteiger partial charge in [-0.3, -0.25) is 0 Å². The number of aromatic nitrogens is 4. The number of hydrogen-bond acceptors (Lipinski definition) is 5. The highest BCUT2D eigenvalue weighted by Crippen LogP contribution is 2.60. The maximum Gasteiger partial charge on any atom is 0.182 e. The summed E-state index contributed by atoms with van der Waals surface area (Å²) in [7, 11) is 0. The number of fused-ring (bicyclic) bond motifs is 2. The fourth-order valence-corrected chi connectivity index (χ4v) is 9.61. The average molecular weight is 611 g/mol. The second-order valence-corrected chi connectivity index (χ2v) is 14.2. The Kier molecular flexibility index (Phi) is 5.99. The van der Waals surface area contributed by atoms with Gasteiger partial charge in [-0.15, -0.1) is 0 Å². The van der Waals surface area contributed by atoms with Crippen molar-refractivity contribution in [3.8, 4) is 45.3 Å². The molecule has 47 heavy (non-hydrogen) atoms. The minimum absolute atomic E-state index is 0.365. The third-order valence-electron chi connectivity index (χ3n) is 11.3. The molecule has 4 aliphatic carbocycles. The molecule has 0 N–H and O–H groups in total. The summed E-state index contributed by atoms with van der Waals surface area (Å²) >= 11 is 0. The van der Waals surface area contributed by atoms with Crippen LogP contribution in [0.15, 0.2) is 120 Å². The highest BCUT2D eigenvalue weighted by molar-refractivity contribution is 6.07. The zero-order chi connectivity index (χ0) is 31.0. The molecule has 0 spiro atoms. The van der Waals surface area contributed by atoms with Gasteiger partial charge in [0.2, 0.25) is 0 Å². The normalized spacial score (nSPS) is 23.1. The number of benzene rings is 5. The Labute approximate surface area is 273 Å². The second-order valence-electron chi connectivity index (χ2n) is 14.2. The molecule has 4 bridgehead atoms. The van der Waals surface area contributed by atoms with Crippen molar-refractivity contribution in [2.45, 2.75) is 43.9 Å². The molecule has 0 aliphatic heterocycles. The molecule has 4 aliphatic rings. The van der Waals surface area contributed by atoms with Crippen molar-refractivity contribution in [2.24, 2.45) is 17.8 Å². The van der Waals surface area contributed by atoms with Crippen LogP contribution in [0.5, 0.6) is 0 Å². The Hall–Kier alpha value is -5.16. The van der Waals surface area contributed by atoms with Crippen LogP contribution in [-0.2, 0) is 5.41 Å². The molecule has 5 heteroatoms. The fraction of sp³-hybridized carbons (Fsp3) is 0.238. The van der Waals surface area contributed by atoms with Crippen molar-refractivity contribution in [3.63, 3.8) is 0 Å². The van der Waals surface area contributed by atoms with Crippen molar-refractivity contribution in [2.75, 3.05) is 0 Å². The third kappa shape index (κ3) is 4.44. The van der Waals surface area contributed by atoms with Gasteiger partial charge in [0, 0.05) is 22.3 Å². The van der Waals surface area contributed by atoms with Gasteiger partial charge in [0.05, 0.1) is 0 Å². The predicted octanol–water partition coefficient (Wildman–Crippen LogP) is 10.3. The standard InChI is InChI=1S/C42H34N4O/c1-2-7-29(8-3-1)39-44-40(30-13-15-31(16-14-30)42-22-26-19-27(23-42)21-28(20-26)24-42)46-41(45-39)36-18-17-34(32-9-4-5-10-33(32)36)35-11-6-12-37-38(35)47-25-43-37/h1-18,25-28H,19-24H2. The number of hydrogen-bond donors (Lipinski definition) is 0. The average Bonchev–Trinajstić information content (AvgIpc) is 3.61. The van der Waals surface area contributed by atoms with E-state index in [2.05, 4.69) is 83.8 Å². The van der Waals surface area contributed by atoms with Crippen LogP contribution in [-0.4, -0.2) is 19.9 Å². The lowest BCUT2D eigenvalue weighted by molar-refractivity contribution is -0.00518. The minimum atomic E-state index is 0.365. The molecule has 0 unspecified atom stereocenters. The lowest BCUT2D eigenvalue weighted by Gasteiger charge is -2.57. The quantitative estimate of drug-likeness (QED) is 0.194. The first-order valence-electron chi connectivity index (χ1n) is 17.0. The zero-order valence-electron chi connectivity index (χ0n) is 26.1. The molecule has 4 saturated carbocycles. The zero-order valence-corrected chi connectivity index (χ0v) is 26.1. The smallest absolute Gasteiger partial charge is 0.182 e. The van der Waals surface area contributed by atoms with E-state index >= 15 is 0 Å². The molecule has 5 nitrogen and oxygen atoms in total. The lowest BCUT2D eigenvalue weighted by atomic mass is 9.48. The summed E-state index contributed by atoms with van der Waals surface area (Å²) in [6.07, 6.45) is 9.97. The summed E-state index contributed by atoms with van der Waals surface area (Å²) in [5.41, 5.74) is 8.59. The molecule has 0 radical (unpaired) electrons. The van der Waals surface area contributed by atoms with Crippen molar-refractivity contribution in [1.82, 2.24) is 19.9 Å². The van der Waals surface area contributed by atoms with Crippen LogP contribution < -0.4 is 0 Å². The first-order chi connectivity index (χ1) is 23.2. The summed E-state index contributed by atoms with van der Waals surface area (Å²) < 4.78 is 5.83. The molecule has 0 atom stereocenters. The van der Waals surface area contributed by atoms with Crippen LogP contribution in [0.1, 0.15) is 44.1 Å². The highest BCUT2D eigenvalue weighted by Gasteiger charge is 2.51. The van der Waals surface area contributed by atoms with Gasteiger partial charge in [0.25, 0.3) is 0 Å². The Bertz CT molecular complexity index is 2250. The summed E-state index contributed by atoms with van der Waals surface area (Å²) in [6.45, 7) is 0. The van der Waals surface area contributed by atoms with E-state index in [1.54, 1.807) is 0 Å². The van der Waals surface area contributed by atoms with E-state index in [-0.39, 0.29) is 0 Å². The van der Waals surface area contributed by atoms with Crippen molar-refractivity contribution in [1.29, 1.82) is 0 Å².